The fourth-order valence-corrected chi connectivity index (χ4v) is 1.93. The standard InChI is InChI=1S/C12H15BrN2O2/c1-3-9(7-15)17-12-10(13)4-8(6-14)5-11(12)16-2/h4-5,9H,3,6,14H2,1-2H3. The minimum atomic E-state index is -0.482. The highest BCUT2D eigenvalue weighted by Crippen LogP contribution is 2.37. The third-order valence-corrected chi connectivity index (χ3v) is 2.89. The predicted octanol–water partition coefficient (Wildman–Crippen LogP) is 2.60. The van der Waals surface area contributed by atoms with Gasteiger partial charge in [-0.15, -0.1) is 0 Å². The van der Waals surface area contributed by atoms with Crippen molar-refractivity contribution in [2.75, 3.05) is 7.11 Å². The maximum Gasteiger partial charge on any atom is 0.184 e. The van der Waals surface area contributed by atoms with Crippen LogP contribution in [0.3, 0.4) is 0 Å². The second kappa shape index (κ2) is 6.48. The lowest BCUT2D eigenvalue weighted by Crippen LogP contribution is -2.13. The number of nitrogens with zero attached hydrogens (tertiary/aromatic N) is 1. The van der Waals surface area contributed by atoms with E-state index in [9.17, 15) is 0 Å². The second-order valence-corrected chi connectivity index (χ2v) is 4.31. The van der Waals surface area contributed by atoms with Crippen molar-refractivity contribution in [3.63, 3.8) is 0 Å². The van der Waals surface area contributed by atoms with Gasteiger partial charge in [-0.25, -0.2) is 0 Å². The van der Waals surface area contributed by atoms with Gasteiger partial charge in [0.2, 0.25) is 0 Å². The Morgan fingerprint density at radius 2 is 2.24 bits per heavy atom. The fraction of sp³-hybridized carbons (Fsp3) is 0.417. The molecule has 0 aliphatic rings. The van der Waals surface area contributed by atoms with Crippen LogP contribution in [0, 0.1) is 11.3 Å². The Bertz CT molecular complexity index is 429. The summed E-state index contributed by atoms with van der Waals surface area (Å²) in [7, 11) is 1.56. The van der Waals surface area contributed by atoms with Crippen LogP contribution in [0.5, 0.6) is 11.5 Å². The highest BCUT2D eigenvalue weighted by molar-refractivity contribution is 9.10. The lowest BCUT2D eigenvalue weighted by molar-refractivity contribution is 0.237. The van der Waals surface area contributed by atoms with Crippen LogP contribution in [0.2, 0.25) is 0 Å². The van der Waals surface area contributed by atoms with Gasteiger partial charge in [0.1, 0.15) is 6.07 Å². The number of benzene rings is 1. The molecule has 0 radical (unpaired) electrons. The summed E-state index contributed by atoms with van der Waals surface area (Å²) in [6.45, 7) is 2.31. The number of hydrogen-bond donors (Lipinski definition) is 1. The van der Waals surface area contributed by atoms with E-state index in [2.05, 4.69) is 22.0 Å². The largest absolute Gasteiger partial charge is 0.493 e. The van der Waals surface area contributed by atoms with E-state index in [1.807, 2.05) is 19.1 Å². The molecule has 0 saturated heterocycles. The number of nitriles is 1. The van der Waals surface area contributed by atoms with Gasteiger partial charge in [-0.05, 0) is 40.0 Å². The first-order valence-electron chi connectivity index (χ1n) is 5.29. The summed E-state index contributed by atoms with van der Waals surface area (Å²) in [4.78, 5) is 0. The summed E-state index contributed by atoms with van der Waals surface area (Å²) in [6, 6.07) is 5.76. The average Bonchev–Trinajstić information content (AvgIpc) is 2.36. The molecule has 5 heteroatoms. The van der Waals surface area contributed by atoms with E-state index in [0.29, 0.717) is 24.5 Å². The van der Waals surface area contributed by atoms with Crippen LogP contribution in [0.1, 0.15) is 18.9 Å². The summed E-state index contributed by atoms with van der Waals surface area (Å²) < 4.78 is 11.6. The van der Waals surface area contributed by atoms with Gasteiger partial charge in [0.15, 0.2) is 17.6 Å². The molecular formula is C12H15BrN2O2. The van der Waals surface area contributed by atoms with Crippen molar-refractivity contribution >= 4 is 15.9 Å². The van der Waals surface area contributed by atoms with Crippen LogP contribution in [0.4, 0.5) is 0 Å². The van der Waals surface area contributed by atoms with Crippen molar-refractivity contribution < 1.29 is 9.47 Å². The topological polar surface area (TPSA) is 68.3 Å². The Balaban J connectivity index is 3.10. The van der Waals surface area contributed by atoms with Gasteiger partial charge in [0.25, 0.3) is 0 Å². The van der Waals surface area contributed by atoms with Crippen LogP contribution in [-0.2, 0) is 6.54 Å². The van der Waals surface area contributed by atoms with E-state index in [4.69, 9.17) is 20.5 Å². The molecule has 0 heterocycles. The van der Waals surface area contributed by atoms with Gasteiger partial charge >= 0.3 is 0 Å². The molecule has 0 bridgehead atoms. The molecule has 0 saturated carbocycles. The van der Waals surface area contributed by atoms with Crippen LogP contribution >= 0.6 is 15.9 Å². The molecule has 17 heavy (non-hydrogen) atoms. The molecule has 0 aliphatic heterocycles. The van der Waals surface area contributed by atoms with Gasteiger partial charge < -0.3 is 15.2 Å². The van der Waals surface area contributed by atoms with Crippen molar-refractivity contribution in [2.45, 2.75) is 26.0 Å². The van der Waals surface area contributed by atoms with E-state index in [-0.39, 0.29) is 0 Å². The molecule has 1 atom stereocenters. The first-order chi connectivity index (χ1) is 8.15. The molecule has 4 nitrogen and oxygen atoms in total. The Morgan fingerprint density at radius 1 is 1.53 bits per heavy atom. The van der Waals surface area contributed by atoms with Crippen molar-refractivity contribution in [2.24, 2.45) is 5.73 Å². The molecule has 0 spiro atoms. The minimum Gasteiger partial charge on any atom is -0.493 e. The third-order valence-electron chi connectivity index (χ3n) is 2.30. The van der Waals surface area contributed by atoms with E-state index >= 15 is 0 Å². The SMILES string of the molecule is CCC(C#N)Oc1c(Br)cc(CN)cc1OC. The second-order valence-electron chi connectivity index (χ2n) is 3.46. The van der Waals surface area contributed by atoms with Gasteiger partial charge in [-0.2, -0.15) is 5.26 Å². The zero-order chi connectivity index (χ0) is 12.8. The van der Waals surface area contributed by atoms with E-state index < -0.39 is 6.10 Å². The van der Waals surface area contributed by atoms with Crippen LogP contribution < -0.4 is 15.2 Å². The Kier molecular flexibility index (Phi) is 5.26. The number of ether oxygens (including phenoxy) is 2. The van der Waals surface area contributed by atoms with Crippen LogP contribution in [-0.4, -0.2) is 13.2 Å². The number of rotatable bonds is 5. The lowest BCUT2D eigenvalue weighted by atomic mass is 10.2. The van der Waals surface area contributed by atoms with E-state index in [0.717, 1.165) is 10.0 Å². The summed E-state index contributed by atoms with van der Waals surface area (Å²) in [6.07, 6.45) is 0.133. The minimum absolute atomic E-state index is 0.421. The van der Waals surface area contributed by atoms with Gasteiger partial charge in [-0.3, -0.25) is 0 Å². The maximum absolute atomic E-state index is 8.89. The molecule has 92 valence electrons. The molecule has 0 amide bonds. The van der Waals surface area contributed by atoms with Gasteiger partial charge in [0, 0.05) is 6.54 Å². The zero-order valence-electron chi connectivity index (χ0n) is 9.87. The Morgan fingerprint density at radius 3 is 2.71 bits per heavy atom. The number of hydrogen-bond acceptors (Lipinski definition) is 4. The molecule has 0 aliphatic carbocycles. The quantitative estimate of drug-likeness (QED) is 0.907. The smallest absolute Gasteiger partial charge is 0.184 e. The van der Waals surface area contributed by atoms with E-state index in [1.54, 1.807) is 7.11 Å². The molecular weight excluding hydrogens is 284 g/mol. The first-order valence-corrected chi connectivity index (χ1v) is 6.08. The lowest BCUT2D eigenvalue weighted by Gasteiger charge is -2.16. The molecule has 1 unspecified atom stereocenters. The van der Waals surface area contributed by atoms with Crippen molar-refractivity contribution in [1.29, 1.82) is 5.26 Å². The van der Waals surface area contributed by atoms with Crippen LogP contribution in [0.25, 0.3) is 0 Å². The highest BCUT2D eigenvalue weighted by atomic mass is 79.9. The van der Waals surface area contributed by atoms with E-state index in [1.165, 1.54) is 0 Å². The van der Waals surface area contributed by atoms with Crippen molar-refractivity contribution in [3.05, 3.63) is 22.2 Å². The maximum atomic E-state index is 8.89. The monoisotopic (exact) mass is 298 g/mol. The fourth-order valence-electron chi connectivity index (χ4n) is 1.35. The summed E-state index contributed by atoms with van der Waals surface area (Å²) in [5.74, 6) is 1.12. The average molecular weight is 299 g/mol. The van der Waals surface area contributed by atoms with Crippen molar-refractivity contribution in [1.82, 2.24) is 0 Å². The normalized spacial score (nSPS) is 11.7. The predicted molar refractivity (Wildman–Crippen MR) is 68.9 cm³/mol. The van der Waals surface area contributed by atoms with Crippen LogP contribution in [0.15, 0.2) is 16.6 Å². The summed E-state index contributed by atoms with van der Waals surface area (Å²) in [5, 5.41) is 8.89. The number of nitrogens with two attached hydrogens (primary N) is 1. The van der Waals surface area contributed by atoms with Gasteiger partial charge in [0.05, 0.1) is 11.6 Å². The third kappa shape index (κ3) is 3.35. The van der Waals surface area contributed by atoms with Crippen molar-refractivity contribution in [3.8, 4) is 17.6 Å². The van der Waals surface area contributed by atoms with Gasteiger partial charge in [-0.1, -0.05) is 6.92 Å². The summed E-state index contributed by atoms with van der Waals surface area (Å²) in [5.41, 5.74) is 6.51. The number of halogens is 1. The molecule has 1 aromatic carbocycles. The molecule has 0 fully saturated rings. The number of methoxy groups -OCH3 is 1. The first kappa shape index (κ1) is 13.8. The summed E-state index contributed by atoms with van der Waals surface area (Å²) >= 11 is 3.40. The highest BCUT2D eigenvalue weighted by Gasteiger charge is 2.15. The molecule has 1 rings (SSSR count). The molecule has 0 aromatic heterocycles. The Labute approximate surface area is 109 Å². The molecule has 2 N–H and O–H groups in total. The Hall–Kier alpha value is -1.25. The zero-order valence-corrected chi connectivity index (χ0v) is 11.5. The molecule has 1 aromatic rings.